The zero-order valence-corrected chi connectivity index (χ0v) is 25.9. The summed E-state index contributed by atoms with van der Waals surface area (Å²) in [6.45, 7) is 2.19. The minimum atomic E-state index is -0.194. The summed E-state index contributed by atoms with van der Waals surface area (Å²) < 4.78 is 7.45. The Labute approximate surface area is 261 Å². The molecule has 1 atom stereocenters. The van der Waals surface area contributed by atoms with Gasteiger partial charge in [-0.15, -0.1) is 32.9 Å². The predicted octanol–water partition coefficient (Wildman–Crippen LogP) is 6.11. The molecule has 43 heavy (non-hydrogen) atoms. The van der Waals surface area contributed by atoms with E-state index in [1.807, 2.05) is 64.7 Å². The minimum Gasteiger partial charge on any atom is -0.495 e. The Kier molecular flexibility index (Phi) is 8.68. The number of amides is 2. The highest BCUT2D eigenvalue weighted by atomic mass is 32.2. The lowest BCUT2D eigenvalue weighted by Gasteiger charge is -2.22. The van der Waals surface area contributed by atoms with Crippen molar-refractivity contribution in [2.75, 3.05) is 12.9 Å². The minimum absolute atomic E-state index is 0.0957. The molecular weight excluding hydrogens is 601 g/mol. The van der Waals surface area contributed by atoms with E-state index in [0.29, 0.717) is 33.7 Å². The Morgan fingerprint density at radius 3 is 2.53 bits per heavy atom. The normalized spacial score (nSPS) is 14.5. The number of nitrogens with one attached hydrogen (secondary N) is 1. The highest BCUT2D eigenvalue weighted by molar-refractivity contribution is 7.99. The van der Waals surface area contributed by atoms with Crippen molar-refractivity contribution in [2.24, 2.45) is 5.10 Å². The van der Waals surface area contributed by atoms with Crippen molar-refractivity contribution < 1.29 is 14.3 Å². The number of hydrazone groups is 1. The number of hydrogen-bond acceptors (Lipinski definition) is 9. The smallest absolute Gasteiger partial charge is 0.261 e. The SMILES string of the molecule is COc1ccccc1-n1c(CNC(=O)c2cccs2)nnc1SCC(=O)N1N=C(c2cccs2)C[C@@H]1c1ccc(C)cc1. The molecule has 1 aliphatic rings. The van der Waals surface area contributed by atoms with Crippen LogP contribution in [-0.4, -0.2) is 50.2 Å². The fourth-order valence-corrected chi connectivity index (χ4v) is 6.97. The van der Waals surface area contributed by atoms with Crippen LogP contribution in [0.4, 0.5) is 0 Å². The van der Waals surface area contributed by atoms with E-state index in [0.717, 1.165) is 21.7 Å². The maximum absolute atomic E-state index is 13.8. The summed E-state index contributed by atoms with van der Waals surface area (Å²) in [4.78, 5) is 28.1. The van der Waals surface area contributed by atoms with E-state index in [1.165, 1.54) is 23.1 Å². The number of nitrogens with zero attached hydrogens (tertiary/aromatic N) is 5. The van der Waals surface area contributed by atoms with Gasteiger partial charge in [-0.1, -0.05) is 65.9 Å². The second-order valence-corrected chi connectivity index (χ2v) is 12.6. The molecule has 0 fully saturated rings. The van der Waals surface area contributed by atoms with Gasteiger partial charge in [0.2, 0.25) is 0 Å². The Morgan fingerprint density at radius 1 is 1.00 bits per heavy atom. The molecule has 0 saturated heterocycles. The molecular formula is C31H28N6O3S3. The maximum Gasteiger partial charge on any atom is 0.261 e. The topological polar surface area (TPSA) is 102 Å². The van der Waals surface area contributed by atoms with Gasteiger partial charge in [0.1, 0.15) is 5.75 Å². The van der Waals surface area contributed by atoms with E-state index in [4.69, 9.17) is 9.84 Å². The summed E-state index contributed by atoms with van der Waals surface area (Å²) in [6.07, 6.45) is 0.644. The highest BCUT2D eigenvalue weighted by Gasteiger charge is 2.33. The average Bonchev–Trinajstić information content (AvgIpc) is 3.85. The van der Waals surface area contributed by atoms with Crippen molar-refractivity contribution in [1.82, 2.24) is 25.1 Å². The third kappa shape index (κ3) is 6.26. The molecule has 12 heteroatoms. The van der Waals surface area contributed by atoms with Gasteiger partial charge in [0.25, 0.3) is 11.8 Å². The Hall–Kier alpha value is -4.26. The molecule has 2 aromatic carbocycles. The predicted molar refractivity (Wildman–Crippen MR) is 170 cm³/mol. The molecule has 1 N–H and O–H groups in total. The largest absolute Gasteiger partial charge is 0.495 e. The Balaban J connectivity index is 1.26. The van der Waals surface area contributed by atoms with Crippen LogP contribution in [0.2, 0.25) is 0 Å². The third-order valence-corrected chi connectivity index (χ3v) is 9.64. The summed E-state index contributed by atoms with van der Waals surface area (Å²) in [7, 11) is 1.60. The monoisotopic (exact) mass is 628 g/mol. The molecule has 0 saturated carbocycles. The number of carbonyl (C=O) groups excluding carboxylic acids is 2. The molecule has 6 rings (SSSR count). The number of ether oxygens (including phenoxy) is 1. The van der Waals surface area contributed by atoms with Gasteiger partial charge in [0.15, 0.2) is 11.0 Å². The molecule has 4 heterocycles. The van der Waals surface area contributed by atoms with Crippen molar-refractivity contribution in [3.63, 3.8) is 0 Å². The number of benzene rings is 2. The molecule has 3 aromatic heterocycles. The number of aryl methyl sites for hydroxylation is 1. The number of aromatic nitrogens is 3. The van der Waals surface area contributed by atoms with E-state index in [2.05, 4.69) is 39.8 Å². The maximum atomic E-state index is 13.8. The average molecular weight is 629 g/mol. The van der Waals surface area contributed by atoms with E-state index in [-0.39, 0.29) is 30.2 Å². The van der Waals surface area contributed by atoms with Gasteiger partial charge in [0.05, 0.1) is 46.6 Å². The molecule has 9 nitrogen and oxygen atoms in total. The lowest BCUT2D eigenvalue weighted by atomic mass is 10.00. The molecule has 218 valence electrons. The van der Waals surface area contributed by atoms with E-state index in [1.54, 1.807) is 29.5 Å². The first-order valence-electron chi connectivity index (χ1n) is 13.5. The van der Waals surface area contributed by atoms with Crippen molar-refractivity contribution in [2.45, 2.75) is 31.1 Å². The van der Waals surface area contributed by atoms with Crippen molar-refractivity contribution in [3.05, 3.63) is 110 Å². The number of rotatable bonds is 10. The summed E-state index contributed by atoms with van der Waals surface area (Å²) in [5, 5.41) is 22.5. The van der Waals surface area contributed by atoms with Crippen molar-refractivity contribution >= 4 is 52.0 Å². The fraction of sp³-hybridized carbons (Fsp3) is 0.194. The Bertz CT molecular complexity index is 1750. The summed E-state index contributed by atoms with van der Waals surface area (Å²) in [6, 6.07) is 23.2. The summed E-state index contributed by atoms with van der Waals surface area (Å²) in [5.41, 5.74) is 3.81. The number of carbonyl (C=O) groups is 2. The van der Waals surface area contributed by atoms with Gasteiger partial charge in [-0.25, -0.2) is 5.01 Å². The van der Waals surface area contributed by atoms with Crippen LogP contribution in [0.1, 0.15) is 44.0 Å². The van der Waals surface area contributed by atoms with Crippen LogP contribution in [0.3, 0.4) is 0 Å². The fourth-order valence-electron chi connectivity index (χ4n) is 4.79. The summed E-state index contributed by atoms with van der Waals surface area (Å²) in [5.74, 6) is 0.902. The van der Waals surface area contributed by atoms with E-state index < -0.39 is 0 Å². The van der Waals surface area contributed by atoms with Crippen molar-refractivity contribution in [3.8, 4) is 11.4 Å². The lowest BCUT2D eigenvalue weighted by molar-refractivity contribution is -0.130. The molecule has 1 aliphatic heterocycles. The van der Waals surface area contributed by atoms with Crippen LogP contribution in [0, 0.1) is 6.92 Å². The van der Waals surface area contributed by atoms with Gasteiger partial charge in [0, 0.05) is 6.42 Å². The van der Waals surface area contributed by atoms with Crippen LogP contribution < -0.4 is 10.1 Å². The first kappa shape index (κ1) is 28.8. The molecule has 2 amide bonds. The Morgan fingerprint density at radius 2 is 1.79 bits per heavy atom. The van der Waals surface area contributed by atoms with Gasteiger partial charge < -0.3 is 10.1 Å². The number of para-hydroxylation sites is 2. The zero-order chi connectivity index (χ0) is 29.8. The van der Waals surface area contributed by atoms with Gasteiger partial charge in [-0.05, 0) is 47.5 Å². The van der Waals surface area contributed by atoms with Gasteiger partial charge >= 0.3 is 0 Å². The molecule has 0 unspecified atom stereocenters. The van der Waals surface area contributed by atoms with Gasteiger partial charge in [-0.2, -0.15) is 5.10 Å². The number of thiophene rings is 2. The first-order chi connectivity index (χ1) is 21.0. The van der Waals surface area contributed by atoms with E-state index in [9.17, 15) is 9.59 Å². The standard InChI is InChI=1S/C31H28N6O3S3/c1-20-11-13-21(14-12-20)24-17-22(26-9-5-15-41-26)35-37(24)29(38)19-43-31-34-33-28(18-32-30(39)27-10-6-16-42-27)36(31)23-7-3-4-8-25(23)40-2/h3-16,24H,17-19H2,1-2H3,(H,32,39)/t24-/m1/s1. The van der Waals surface area contributed by atoms with Gasteiger partial charge in [-0.3, -0.25) is 14.2 Å². The zero-order valence-electron chi connectivity index (χ0n) is 23.5. The van der Waals surface area contributed by atoms with Crippen LogP contribution in [-0.2, 0) is 11.3 Å². The van der Waals surface area contributed by atoms with Crippen LogP contribution in [0.5, 0.6) is 5.75 Å². The van der Waals surface area contributed by atoms with Crippen LogP contribution in [0.25, 0.3) is 5.69 Å². The van der Waals surface area contributed by atoms with E-state index >= 15 is 0 Å². The second kappa shape index (κ2) is 12.9. The number of methoxy groups -OCH3 is 1. The first-order valence-corrected chi connectivity index (χ1v) is 16.3. The molecule has 0 bridgehead atoms. The third-order valence-electron chi connectivity index (χ3n) is 6.94. The summed E-state index contributed by atoms with van der Waals surface area (Å²) >= 11 is 4.26. The quantitative estimate of drug-likeness (QED) is 0.187. The van der Waals surface area contributed by atoms with Crippen LogP contribution in [0.15, 0.2) is 93.8 Å². The van der Waals surface area contributed by atoms with Crippen LogP contribution >= 0.6 is 34.4 Å². The van der Waals surface area contributed by atoms with Crippen molar-refractivity contribution in [1.29, 1.82) is 0 Å². The molecule has 0 spiro atoms. The second-order valence-electron chi connectivity index (χ2n) is 9.75. The highest BCUT2D eigenvalue weighted by Crippen LogP contribution is 2.35. The number of thioether (sulfide) groups is 1. The molecule has 5 aromatic rings. The molecule has 0 aliphatic carbocycles. The number of hydrogen-bond donors (Lipinski definition) is 1. The lowest BCUT2D eigenvalue weighted by Crippen LogP contribution is -2.28. The molecule has 0 radical (unpaired) electrons.